The average Bonchev–Trinajstić information content (AvgIpc) is 3.11. The SMILES string of the molecule is O=C(CCCOc1ccc(Cl)cc1Cl)NCCNC(=O)c1ccco1. The van der Waals surface area contributed by atoms with Crippen molar-refractivity contribution in [2.45, 2.75) is 12.8 Å². The third kappa shape index (κ3) is 6.68. The summed E-state index contributed by atoms with van der Waals surface area (Å²) in [5.41, 5.74) is 0. The van der Waals surface area contributed by atoms with Crippen LogP contribution in [0.25, 0.3) is 0 Å². The molecule has 0 atom stereocenters. The van der Waals surface area contributed by atoms with Gasteiger partial charge in [-0.15, -0.1) is 0 Å². The Morgan fingerprint density at radius 1 is 1.12 bits per heavy atom. The standard InChI is InChI=1S/C17H18Cl2N2O4/c18-12-5-6-14(13(19)11-12)24-10-2-4-16(22)20-7-8-21-17(23)15-3-1-9-25-15/h1,3,5-6,9,11H,2,4,7-8,10H2,(H,20,22)(H,21,23). The molecule has 0 spiro atoms. The molecule has 2 N–H and O–H groups in total. The summed E-state index contributed by atoms with van der Waals surface area (Å²) >= 11 is 11.8. The van der Waals surface area contributed by atoms with Crippen LogP contribution in [0.5, 0.6) is 5.75 Å². The summed E-state index contributed by atoms with van der Waals surface area (Å²) in [7, 11) is 0. The number of benzene rings is 1. The van der Waals surface area contributed by atoms with Crippen molar-refractivity contribution in [3.05, 3.63) is 52.4 Å². The molecule has 0 aliphatic carbocycles. The van der Waals surface area contributed by atoms with Gasteiger partial charge in [0.2, 0.25) is 5.91 Å². The number of nitrogens with one attached hydrogen (secondary N) is 2. The fraction of sp³-hybridized carbons (Fsp3) is 0.294. The highest BCUT2D eigenvalue weighted by Crippen LogP contribution is 2.27. The number of amides is 2. The van der Waals surface area contributed by atoms with Crippen LogP contribution in [0, 0.1) is 0 Å². The minimum atomic E-state index is -0.313. The van der Waals surface area contributed by atoms with Crippen molar-refractivity contribution in [1.29, 1.82) is 0 Å². The Morgan fingerprint density at radius 3 is 2.64 bits per heavy atom. The molecule has 0 unspecified atom stereocenters. The highest BCUT2D eigenvalue weighted by molar-refractivity contribution is 6.35. The van der Waals surface area contributed by atoms with E-state index < -0.39 is 0 Å². The van der Waals surface area contributed by atoms with Crippen molar-refractivity contribution >= 4 is 35.0 Å². The van der Waals surface area contributed by atoms with Gasteiger partial charge in [0, 0.05) is 24.5 Å². The predicted octanol–water partition coefficient (Wildman–Crippen LogP) is 3.29. The summed E-state index contributed by atoms with van der Waals surface area (Å²) in [6, 6.07) is 8.18. The molecule has 8 heteroatoms. The summed E-state index contributed by atoms with van der Waals surface area (Å²) in [6.07, 6.45) is 2.29. The monoisotopic (exact) mass is 384 g/mol. The van der Waals surface area contributed by atoms with Gasteiger partial charge in [-0.1, -0.05) is 23.2 Å². The molecule has 0 aliphatic heterocycles. The van der Waals surface area contributed by atoms with Gasteiger partial charge in [0.15, 0.2) is 5.76 Å². The number of carbonyl (C=O) groups is 2. The number of furan rings is 1. The van der Waals surface area contributed by atoms with E-state index in [9.17, 15) is 9.59 Å². The Balaban J connectivity index is 1.54. The summed E-state index contributed by atoms with van der Waals surface area (Å²) in [5, 5.41) is 6.33. The lowest BCUT2D eigenvalue weighted by Crippen LogP contribution is -2.34. The molecule has 25 heavy (non-hydrogen) atoms. The van der Waals surface area contributed by atoms with Crippen LogP contribution in [0.1, 0.15) is 23.4 Å². The Labute approximate surface area is 155 Å². The average molecular weight is 385 g/mol. The van der Waals surface area contributed by atoms with Crippen molar-refractivity contribution in [2.24, 2.45) is 0 Å². The number of carbonyl (C=O) groups excluding carboxylic acids is 2. The molecule has 0 aliphatic rings. The molecule has 2 rings (SSSR count). The van der Waals surface area contributed by atoms with Crippen LogP contribution in [-0.4, -0.2) is 31.5 Å². The van der Waals surface area contributed by atoms with Crippen LogP contribution >= 0.6 is 23.2 Å². The summed E-state index contributed by atoms with van der Waals surface area (Å²) in [5.74, 6) is 0.349. The third-order valence-corrected chi connectivity index (χ3v) is 3.71. The van der Waals surface area contributed by atoms with Crippen LogP contribution in [0.3, 0.4) is 0 Å². The van der Waals surface area contributed by atoms with Crippen molar-refractivity contribution in [1.82, 2.24) is 10.6 Å². The van der Waals surface area contributed by atoms with E-state index in [-0.39, 0.29) is 17.6 Å². The van der Waals surface area contributed by atoms with E-state index in [1.54, 1.807) is 30.3 Å². The molecule has 2 amide bonds. The van der Waals surface area contributed by atoms with Gasteiger partial charge < -0.3 is 19.8 Å². The lowest BCUT2D eigenvalue weighted by Gasteiger charge is -2.09. The Bertz CT molecular complexity index is 705. The molecular weight excluding hydrogens is 367 g/mol. The molecule has 1 aromatic heterocycles. The number of rotatable bonds is 9. The van der Waals surface area contributed by atoms with Gasteiger partial charge in [0.25, 0.3) is 5.91 Å². The molecule has 6 nitrogen and oxygen atoms in total. The number of hydrogen-bond donors (Lipinski definition) is 2. The maximum absolute atomic E-state index is 11.7. The molecule has 0 bridgehead atoms. The fourth-order valence-corrected chi connectivity index (χ4v) is 2.43. The molecule has 0 radical (unpaired) electrons. The van der Waals surface area contributed by atoms with Gasteiger partial charge in [0.1, 0.15) is 5.75 Å². The largest absolute Gasteiger partial charge is 0.492 e. The first kappa shape index (κ1) is 19.1. The van der Waals surface area contributed by atoms with Crippen molar-refractivity contribution in [2.75, 3.05) is 19.7 Å². The van der Waals surface area contributed by atoms with Gasteiger partial charge in [0.05, 0.1) is 17.9 Å². The van der Waals surface area contributed by atoms with Crippen LogP contribution in [0.2, 0.25) is 10.0 Å². The Kier molecular flexibility index (Phi) is 7.63. The van der Waals surface area contributed by atoms with E-state index in [2.05, 4.69) is 10.6 Å². The van der Waals surface area contributed by atoms with E-state index in [4.69, 9.17) is 32.4 Å². The predicted molar refractivity (Wildman–Crippen MR) is 95.2 cm³/mol. The number of hydrogen-bond acceptors (Lipinski definition) is 4. The molecule has 1 heterocycles. The number of halogens is 2. The van der Waals surface area contributed by atoms with Gasteiger partial charge in [-0.3, -0.25) is 9.59 Å². The summed E-state index contributed by atoms with van der Waals surface area (Å²) in [6.45, 7) is 1.03. The minimum Gasteiger partial charge on any atom is -0.492 e. The second kappa shape index (κ2) is 9.96. The fourth-order valence-electron chi connectivity index (χ4n) is 1.97. The second-order valence-corrected chi connectivity index (χ2v) is 5.95. The van der Waals surface area contributed by atoms with E-state index in [1.165, 1.54) is 6.26 Å². The van der Waals surface area contributed by atoms with Gasteiger partial charge in [-0.2, -0.15) is 0 Å². The lowest BCUT2D eigenvalue weighted by atomic mass is 10.3. The van der Waals surface area contributed by atoms with Crippen molar-refractivity contribution < 1.29 is 18.7 Å². The normalized spacial score (nSPS) is 10.3. The van der Waals surface area contributed by atoms with Crippen LogP contribution in [0.15, 0.2) is 41.0 Å². The van der Waals surface area contributed by atoms with E-state index >= 15 is 0 Å². The zero-order valence-electron chi connectivity index (χ0n) is 13.4. The smallest absolute Gasteiger partial charge is 0.287 e. The zero-order chi connectivity index (χ0) is 18.1. The highest BCUT2D eigenvalue weighted by atomic mass is 35.5. The number of ether oxygens (including phenoxy) is 1. The molecule has 2 aromatic rings. The minimum absolute atomic E-state index is 0.113. The topological polar surface area (TPSA) is 80.6 Å². The van der Waals surface area contributed by atoms with E-state index in [0.29, 0.717) is 48.3 Å². The maximum Gasteiger partial charge on any atom is 0.287 e. The van der Waals surface area contributed by atoms with Crippen LogP contribution < -0.4 is 15.4 Å². The first-order chi connectivity index (χ1) is 12.1. The van der Waals surface area contributed by atoms with E-state index in [1.807, 2.05) is 0 Å². The van der Waals surface area contributed by atoms with Gasteiger partial charge >= 0.3 is 0 Å². The summed E-state index contributed by atoms with van der Waals surface area (Å²) < 4.78 is 10.5. The Morgan fingerprint density at radius 2 is 1.92 bits per heavy atom. The van der Waals surface area contributed by atoms with Gasteiger partial charge in [-0.25, -0.2) is 0 Å². The maximum atomic E-state index is 11.7. The second-order valence-electron chi connectivity index (χ2n) is 5.11. The first-order valence-electron chi connectivity index (χ1n) is 7.72. The zero-order valence-corrected chi connectivity index (χ0v) is 14.9. The van der Waals surface area contributed by atoms with Gasteiger partial charge in [-0.05, 0) is 36.8 Å². The molecule has 0 saturated carbocycles. The lowest BCUT2D eigenvalue weighted by molar-refractivity contribution is -0.121. The molecule has 0 saturated heterocycles. The van der Waals surface area contributed by atoms with Crippen LogP contribution in [0.4, 0.5) is 0 Å². The molecule has 134 valence electrons. The molecule has 0 fully saturated rings. The third-order valence-electron chi connectivity index (χ3n) is 3.18. The molecular formula is C17H18Cl2N2O4. The van der Waals surface area contributed by atoms with Crippen molar-refractivity contribution in [3.8, 4) is 5.75 Å². The van der Waals surface area contributed by atoms with E-state index in [0.717, 1.165) is 0 Å². The Hall–Kier alpha value is -2.18. The van der Waals surface area contributed by atoms with Crippen molar-refractivity contribution in [3.63, 3.8) is 0 Å². The summed E-state index contributed by atoms with van der Waals surface area (Å²) in [4.78, 5) is 23.3. The van der Waals surface area contributed by atoms with Crippen LogP contribution in [-0.2, 0) is 4.79 Å². The quantitative estimate of drug-likeness (QED) is 0.650. The highest BCUT2D eigenvalue weighted by Gasteiger charge is 2.07. The first-order valence-corrected chi connectivity index (χ1v) is 8.48. The molecule has 1 aromatic carbocycles.